The van der Waals surface area contributed by atoms with Crippen LogP contribution in [-0.2, 0) is 31.2 Å². The molecule has 0 N–H and O–H groups in total. The standard InChI is InChI=1S/C15H15BrFN3O/c1-19-13-9-20(7-6-12(13)18-15(19)16)14(21)8-10-4-2-3-5-11(10)17/h2-5H,6-9H2,1H3. The van der Waals surface area contributed by atoms with Gasteiger partial charge in [-0.25, -0.2) is 9.37 Å². The molecule has 2 heterocycles. The first-order chi connectivity index (χ1) is 10.1. The van der Waals surface area contributed by atoms with Crippen molar-refractivity contribution in [1.82, 2.24) is 14.5 Å². The van der Waals surface area contributed by atoms with Crippen molar-refractivity contribution in [2.24, 2.45) is 7.05 Å². The molecule has 21 heavy (non-hydrogen) atoms. The predicted octanol–water partition coefficient (Wildman–Crippen LogP) is 2.45. The minimum absolute atomic E-state index is 0.0527. The Kier molecular flexibility index (Phi) is 3.80. The number of fused-ring (bicyclic) bond motifs is 1. The van der Waals surface area contributed by atoms with Crippen molar-refractivity contribution < 1.29 is 9.18 Å². The van der Waals surface area contributed by atoms with Gasteiger partial charge in [0.1, 0.15) is 5.82 Å². The van der Waals surface area contributed by atoms with Crippen molar-refractivity contribution in [3.05, 3.63) is 51.8 Å². The number of aromatic nitrogens is 2. The molecule has 6 heteroatoms. The molecule has 2 aromatic rings. The van der Waals surface area contributed by atoms with Crippen molar-refractivity contribution >= 4 is 21.8 Å². The summed E-state index contributed by atoms with van der Waals surface area (Å²) in [7, 11) is 1.92. The molecule has 4 nitrogen and oxygen atoms in total. The fourth-order valence-electron chi connectivity index (χ4n) is 2.58. The van der Waals surface area contributed by atoms with Crippen molar-refractivity contribution in [3.8, 4) is 0 Å². The SMILES string of the molecule is Cn1c(Br)nc2c1CN(C(=O)Cc1ccccc1F)CC2. The van der Waals surface area contributed by atoms with E-state index in [4.69, 9.17) is 0 Å². The molecular weight excluding hydrogens is 337 g/mol. The second-order valence-electron chi connectivity index (χ2n) is 5.17. The highest BCUT2D eigenvalue weighted by molar-refractivity contribution is 9.10. The third-order valence-corrected chi connectivity index (χ3v) is 4.56. The Labute approximate surface area is 130 Å². The summed E-state index contributed by atoms with van der Waals surface area (Å²) in [6.07, 6.45) is 0.832. The van der Waals surface area contributed by atoms with E-state index in [9.17, 15) is 9.18 Å². The van der Waals surface area contributed by atoms with Crippen LogP contribution in [0.5, 0.6) is 0 Å². The Morgan fingerprint density at radius 1 is 1.43 bits per heavy atom. The zero-order valence-corrected chi connectivity index (χ0v) is 13.2. The van der Waals surface area contributed by atoms with Crippen LogP contribution in [0.25, 0.3) is 0 Å². The Morgan fingerprint density at radius 2 is 2.19 bits per heavy atom. The van der Waals surface area contributed by atoms with Crippen LogP contribution in [0.2, 0.25) is 0 Å². The number of nitrogens with zero attached hydrogens (tertiary/aromatic N) is 3. The molecule has 1 amide bonds. The van der Waals surface area contributed by atoms with Crippen molar-refractivity contribution in [3.63, 3.8) is 0 Å². The van der Waals surface area contributed by atoms with E-state index in [1.807, 2.05) is 11.6 Å². The summed E-state index contributed by atoms with van der Waals surface area (Å²) in [4.78, 5) is 18.6. The highest BCUT2D eigenvalue weighted by atomic mass is 79.9. The lowest BCUT2D eigenvalue weighted by Gasteiger charge is -2.27. The molecule has 0 radical (unpaired) electrons. The average molecular weight is 352 g/mol. The maximum atomic E-state index is 13.6. The summed E-state index contributed by atoms with van der Waals surface area (Å²) >= 11 is 3.40. The van der Waals surface area contributed by atoms with Gasteiger partial charge in [-0.2, -0.15) is 0 Å². The number of imidazole rings is 1. The van der Waals surface area contributed by atoms with Gasteiger partial charge in [0.05, 0.1) is 24.4 Å². The van der Waals surface area contributed by atoms with E-state index in [0.717, 1.165) is 22.5 Å². The molecule has 3 rings (SSSR count). The van der Waals surface area contributed by atoms with Crippen LogP contribution in [0.15, 0.2) is 29.0 Å². The van der Waals surface area contributed by atoms with Gasteiger partial charge in [0.15, 0.2) is 4.73 Å². The number of hydrogen-bond acceptors (Lipinski definition) is 2. The maximum absolute atomic E-state index is 13.6. The Hall–Kier alpha value is -1.69. The van der Waals surface area contributed by atoms with Crippen LogP contribution < -0.4 is 0 Å². The van der Waals surface area contributed by atoms with Crippen LogP contribution in [0.4, 0.5) is 4.39 Å². The van der Waals surface area contributed by atoms with E-state index in [1.54, 1.807) is 23.1 Å². The van der Waals surface area contributed by atoms with Crippen LogP contribution in [0.1, 0.15) is 17.0 Å². The summed E-state index contributed by atoms with van der Waals surface area (Å²) in [6.45, 7) is 1.15. The van der Waals surface area contributed by atoms with Gasteiger partial charge in [0.25, 0.3) is 0 Å². The lowest BCUT2D eigenvalue weighted by atomic mass is 10.1. The summed E-state index contributed by atoms with van der Waals surface area (Å²) < 4.78 is 16.3. The molecule has 1 aromatic carbocycles. The van der Waals surface area contributed by atoms with Crippen LogP contribution in [0, 0.1) is 5.82 Å². The quantitative estimate of drug-likeness (QED) is 0.833. The Morgan fingerprint density at radius 3 is 2.95 bits per heavy atom. The van der Waals surface area contributed by atoms with Gasteiger partial charge >= 0.3 is 0 Å². The highest BCUT2D eigenvalue weighted by Crippen LogP contribution is 2.22. The molecule has 0 unspecified atom stereocenters. The van der Waals surface area contributed by atoms with E-state index in [-0.39, 0.29) is 18.1 Å². The zero-order valence-electron chi connectivity index (χ0n) is 11.6. The first kappa shape index (κ1) is 14.3. The second-order valence-corrected chi connectivity index (χ2v) is 5.88. The zero-order chi connectivity index (χ0) is 15.0. The van der Waals surface area contributed by atoms with Crippen molar-refractivity contribution in [2.75, 3.05) is 6.54 Å². The number of benzene rings is 1. The molecule has 1 aromatic heterocycles. The number of amides is 1. The molecule has 0 saturated carbocycles. The third kappa shape index (κ3) is 2.72. The molecular formula is C15H15BrFN3O. The van der Waals surface area contributed by atoms with Crippen molar-refractivity contribution in [1.29, 1.82) is 0 Å². The number of rotatable bonds is 2. The van der Waals surface area contributed by atoms with Gasteiger partial charge in [-0.1, -0.05) is 18.2 Å². The fourth-order valence-corrected chi connectivity index (χ4v) is 3.01. The Balaban J connectivity index is 1.75. The summed E-state index contributed by atoms with van der Waals surface area (Å²) in [6, 6.07) is 6.42. The van der Waals surface area contributed by atoms with Crippen molar-refractivity contribution in [2.45, 2.75) is 19.4 Å². The maximum Gasteiger partial charge on any atom is 0.227 e. The number of carbonyl (C=O) groups excluding carboxylic acids is 1. The normalized spacial score (nSPS) is 14.1. The second kappa shape index (κ2) is 5.60. The number of hydrogen-bond donors (Lipinski definition) is 0. The minimum Gasteiger partial charge on any atom is -0.336 e. The molecule has 0 bridgehead atoms. The van der Waals surface area contributed by atoms with E-state index in [0.29, 0.717) is 18.7 Å². The molecule has 0 aliphatic carbocycles. The van der Waals surface area contributed by atoms with Crippen LogP contribution in [-0.4, -0.2) is 26.9 Å². The molecule has 0 atom stereocenters. The summed E-state index contributed by atoms with van der Waals surface area (Å²) in [5, 5.41) is 0. The molecule has 1 aliphatic rings. The highest BCUT2D eigenvalue weighted by Gasteiger charge is 2.25. The number of carbonyl (C=O) groups is 1. The van der Waals surface area contributed by atoms with E-state index >= 15 is 0 Å². The van der Waals surface area contributed by atoms with Crippen LogP contribution in [0.3, 0.4) is 0 Å². The predicted molar refractivity (Wildman–Crippen MR) is 80.1 cm³/mol. The Bertz CT molecular complexity index is 698. The topological polar surface area (TPSA) is 38.1 Å². The molecule has 1 aliphatic heterocycles. The van der Waals surface area contributed by atoms with Gasteiger partial charge in [-0.15, -0.1) is 0 Å². The monoisotopic (exact) mass is 351 g/mol. The first-order valence-corrected chi connectivity index (χ1v) is 7.56. The molecule has 0 fully saturated rings. The summed E-state index contributed by atoms with van der Waals surface area (Å²) in [5.74, 6) is -0.380. The van der Waals surface area contributed by atoms with E-state index in [1.165, 1.54) is 6.07 Å². The van der Waals surface area contributed by atoms with E-state index in [2.05, 4.69) is 20.9 Å². The van der Waals surface area contributed by atoms with E-state index < -0.39 is 0 Å². The van der Waals surface area contributed by atoms with Gasteiger partial charge in [-0.3, -0.25) is 4.79 Å². The lowest BCUT2D eigenvalue weighted by Crippen LogP contribution is -2.37. The van der Waals surface area contributed by atoms with Crippen LogP contribution >= 0.6 is 15.9 Å². The largest absolute Gasteiger partial charge is 0.336 e. The molecule has 0 saturated heterocycles. The fraction of sp³-hybridized carbons (Fsp3) is 0.333. The smallest absolute Gasteiger partial charge is 0.227 e. The molecule has 110 valence electrons. The third-order valence-electron chi connectivity index (χ3n) is 3.85. The average Bonchev–Trinajstić information content (AvgIpc) is 2.76. The summed E-state index contributed by atoms with van der Waals surface area (Å²) in [5.41, 5.74) is 2.51. The minimum atomic E-state index is -0.327. The lowest BCUT2D eigenvalue weighted by molar-refractivity contribution is -0.131. The number of halogens is 2. The molecule has 0 spiro atoms. The first-order valence-electron chi connectivity index (χ1n) is 6.77. The van der Waals surface area contributed by atoms with Gasteiger partial charge in [-0.05, 0) is 27.6 Å². The van der Waals surface area contributed by atoms with Gasteiger partial charge in [0, 0.05) is 20.0 Å². The van der Waals surface area contributed by atoms with Gasteiger partial charge in [0.2, 0.25) is 5.91 Å². The van der Waals surface area contributed by atoms with Gasteiger partial charge < -0.3 is 9.47 Å².